The first-order valence-corrected chi connectivity index (χ1v) is 6.61. The number of hydrogen-bond donors (Lipinski definition) is 2. The van der Waals surface area contributed by atoms with Gasteiger partial charge in [0.05, 0.1) is 6.54 Å². The SMILES string of the molecule is CN(CC(N)=O)S(=O)(=O)c1cccnc1C(N)=S. The molecule has 0 bridgehead atoms. The molecule has 0 atom stereocenters. The molecular formula is C9H12N4O3S2. The molecule has 1 aromatic rings. The summed E-state index contributed by atoms with van der Waals surface area (Å²) in [5.41, 5.74) is 10.4. The number of thiocarbonyl (C=S) groups is 1. The molecule has 4 N–H and O–H groups in total. The molecule has 1 amide bonds. The molecule has 1 rings (SSSR count). The number of hydrogen-bond acceptors (Lipinski definition) is 5. The van der Waals surface area contributed by atoms with E-state index in [0.29, 0.717) is 0 Å². The Morgan fingerprint density at radius 1 is 1.50 bits per heavy atom. The highest BCUT2D eigenvalue weighted by molar-refractivity contribution is 7.89. The van der Waals surface area contributed by atoms with Crippen molar-refractivity contribution in [2.24, 2.45) is 11.5 Å². The maximum absolute atomic E-state index is 12.2. The Hall–Kier alpha value is -1.58. The standard InChI is InChI=1S/C9H12N4O3S2/c1-13(5-7(10)14)18(15,16)6-3-2-4-12-8(6)9(11)17/h2-4H,5H2,1H3,(H2,10,14)(H2,11,17). The van der Waals surface area contributed by atoms with Crippen LogP contribution in [0.2, 0.25) is 0 Å². The highest BCUT2D eigenvalue weighted by atomic mass is 32.2. The molecule has 0 aliphatic heterocycles. The minimum atomic E-state index is -3.91. The minimum absolute atomic E-state index is 0.0104. The van der Waals surface area contributed by atoms with E-state index >= 15 is 0 Å². The van der Waals surface area contributed by atoms with Gasteiger partial charge in [-0.05, 0) is 12.1 Å². The zero-order valence-electron chi connectivity index (χ0n) is 9.53. The van der Waals surface area contributed by atoms with Gasteiger partial charge in [0, 0.05) is 13.2 Å². The lowest BCUT2D eigenvalue weighted by Gasteiger charge is -2.16. The predicted octanol–water partition coefficient (Wildman–Crippen LogP) is -1.18. The second kappa shape index (κ2) is 5.38. The number of rotatable bonds is 5. The molecule has 1 aromatic heterocycles. The van der Waals surface area contributed by atoms with Gasteiger partial charge in [0.25, 0.3) is 0 Å². The number of carbonyl (C=O) groups is 1. The van der Waals surface area contributed by atoms with Gasteiger partial charge in [-0.2, -0.15) is 4.31 Å². The van der Waals surface area contributed by atoms with Crippen LogP contribution in [0.1, 0.15) is 5.69 Å². The first-order valence-electron chi connectivity index (χ1n) is 4.76. The van der Waals surface area contributed by atoms with E-state index in [2.05, 4.69) is 4.98 Å². The van der Waals surface area contributed by atoms with Crippen LogP contribution in [0.3, 0.4) is 0 Å². The molecule has 0 saturated carbocycles. The number of nitrogens with zero attached hydrogens (tertiary/aromatic N) is 2. The zero-order valence-corrected chi connectivity index (χ0v) is 11.2. The predicted molar refractivity (Wildman–Crippen MR) is 69.1 cm³/mol. The van der Waals surface area contributed by atoms with E-state index in [-0.39, 0.29) is 15.6 Å². The van der Waals surface area contributed by atoms with Crippen LogP contribution in [0.5, 0.6) is 0 Å². The summed E-state index contributed by atoms with van der Waals surface area (Å²) in [6.07, 6.45) is 1.38. The monoisotopic (exact) mass is 288 g/mol. The Morgan fingerprint density at radius 3 is 2.61 bits per heavy atom. The number of primary amides is 1. The van der Waals surface area contributed by atoms with Crippen molar-refractivity contribution in [1.82, 2.24) is 9.29 Å². The third-order valence-electron chi connectivity index (χ3n) is 2.07. The third kappa shape index (κ3) is 3.00. The molecule has 18 heavy (non-hydrogen) atoms. The van der Waals surface area contributed by atoms with Crippen molar-refractivity contribution in [2.45, 2.75) is 4.90 Å². The van der Waals surface area contributed by atoms with Crippen LogP contribution >= 0.6 is 12.2 Å². The van der Waals surface area contributed by atoms with E-state index in [4.69, 9.17) is 23.7 Å². The zero-order chi connectivity index (χ0) is 13.9. The van der Waals surface area contributed by atoms with Gasteiger partial charge >= 0.3 is 0 Å². The molecule has 7 nitrogen and oxygen atoms in total. The summed E-state index contributed by atoms with van der Waals surface area (Å²) in [4.78, 5) is 14.3. The van der Waals surface area contributed by atoms with Crippen LogP contribution in [-0.4, -0.2) is 42.2 Å². The number of carbonyl (C=O) groups excluding carboxylic acids is 1. The van der Waals surface area contributed by atoms with Crippen molar-refractivity contribution in [2.75, 3.05) is 13.6 Å². The Kier molecular flexibility index (Phi) is 4.33. The molecule has 0 unspecified atom stereocenters. The number of nitrogens with two attached hydrogens (primary N) is 2. The van der Waals surface area contributed by atoms with Crippen molar-refractivity contribution < 1.29 is 13.2 Å². The fourth-order valence-corrected chi connectivity index (χ4v) is 2.77. The Bertz CT molecular complexity index is 585. The first kappa shape index (κ1) is 14.5. The van der Waals surface area contributed by atoms with Gasteiger partial charge < -0.3 is 11.5 Å². The fraction of sp³-hybridized carbons (Fsp3) is 0.222. The highest BCUT2D eigenvalue weighted by Gasteiger charge is 2.26. The van der Waals surface area contributed by atoms with Crippen molar-refractivity contribution in [3.8, 4) is 0 Å². The van der Waals surface area contributed by atoms with Crippen molar-refractivity contribution in [3.05, 3.63) is 24.0 Å². The van der Waals surface area contributed by atoms with Gasteiger partial charge in [-0.1, -0.05) is 12.2 Å². The smallest absolute Gasteiger partial charge is 0.245 e. The molecule has 0 spiro atoms. The largest absolute Gasteiger partial charge is 0.388 e. The van der Waals surface area contributed by atoms with Gasteiger partial charge in [0.15, 0.2) is 0 Å². The summed E-state index contributed by atoms with van der Waals surface area (Å²) in [5.74, 6) is -0.762. The maximum atomic E-state index is 12.2. The van der Waals surface area contributed by atoms with Crippen LogP contribution in [0.25, 0.3) is 0 Å². The molecule has 9 heteroatoms. The lowest BCUT2D eigenvalue weighted by Crippen LogP contribution is -2.36. The topological polar surface area (TPSA) is 119 Å². The molecule has 0 fully saturated rings. The second-order valence-electron chi connectivity index (χ2n) is 3.44. The molecule has 0 aromatic carbocycles. The van der Waals surface area contributed by atoms with Gasteiger partial charge in [-0.15, -0.1) is 0 Å². The molecule has 0 aliphatic rings. The van der Waals surface area contributed by atoms with E-state index in [0.717, 1.165) is 4.31 Å². The molecule has 1 heterocycles. The van der Waals surface area contributed by atoms with E-state index < -0.39 is 22.5 Å². The average Bonchev–Trinajstić information content (AvgIpc) is 2.28. The van der Waals surface area contributed by atoms with E-state index in [1.54, 1.807) is 0 Å². The summed E-state index contributed by atoms with van der Waals surface area (Å²) >= 11 is 4.73. The van der Waals surface area contributed by atoms with Crippen molar-refractivity contribution in [1.29, 1.82) is 0 Å². The normalized spacial score (nSPS) is 11.4. The molecular weight excluding hydrogens is 276 g/mol. The van der Waals surface area contributed by atoms with Crippen LogP contribution < -0.4 is 11.5 Å². The van der Waals surface area contributed by atoms with Gasteiger partial charge in [0.2, 0.25) is 15.9 Å². The van der Waals surface area contributed by atoms with Crippen LogP contribution in [0.15, 0.2) is 23.2 Å². The quantitative estimate of drug-likeness (QED) is 0.658. The summed E-state index contributed by atoms with van der Waals surface area (Å²) in [6, 6.07) is 2.75. The van der Waals surface area contributed by atoms with Crippen molar-refractivity contribution >= 4 is 33.1 Å². The molecule has 0 saturated heterocycles. The Labute approximate surface area is 110 Å². The number of sulfonamides is 1. The minimum Gasteiger partial charge on any atom is -0.388 e. The van der Waals surface area contributed by atoms with Crippen LogP contribution in [0.4, 0.5) is 0 Å². The average molecular weight is 288 g/mol. The lowest BCUT2D eigenvalue weighted by atomic mass is 10.3. The maximum Gasteiger partial charge on any atom is 0.245 e. The summed E-state index contributed by atoms with van der Waals surface area (Å²) in [5, 5.41) is 0. The van der Waals surface area contributed by atoms with E-state index in [1.807, 2.05) is 0 Å². The molecule has 0 aliphatic carbocycles. The molecule has 98 valence electrons. The van der Waals surface area contributed by atoms with Gasteiger partial charge in [-0.25, -0.2) is 8.42 Å². The van der Waals surface area contributed by atoms with E-state index in [1.165, 1.54) is 25.4 Å². The number of amides is 1. The fourth-order valence-electron chi connectivity index (χ4n) is 1.26. The van der Waals surface area contributed by atoms with E-state index in [9.17, 15) is 13.2 Å². The Morgan fingerprint density at radius 2 is 2.11 bits per heavy atom. The second-order valence-corrected chi connectivity index (χ2v) is 5.89. The first-order chi connectivity index (χ1) is 8.26. The summed E-state index contributed by atoms with van der Waals surface area (Å²) in [6.45, 7) is -0.437. The van der Waals surface area contributed by atoms with Gasteiger partial charge in [0.1, 0.15) is 15.6 Å². The lowest BCUT2D eigenvalue weighted by molar-refractivity contribution is -0.118. The summed E-state index contributed by atoms with van der Waals surface area (Å²) < 4.78 is 25.1. The number of likely N-dealkylation sites (N-methyl/N-ethyl adjacent to an activating group) is 1. The molecule has 0 radical (unpaired) electrons. The number of aromatic nitrogens is 1. The van der Waals surface area contributed by atoms with Crippen LogP contribution in [0, 0.1) is 0 Å². The van der Waals surface area contributed by atoms with Crippen LogP contribution in [-0.2, 0) is 14.8 Å². The highest BCUT2D eigenvalue weighted by Crippen LogP contribution is 2.17. The Balaban J connectivity index is 3.29. The number of pyridine rings is 1. The van der Waals surface area contributed by atoms with Crippen molar-refractivity contribution in [3.63, 3.8) is 0 Å². The van der Waals surface area contributed by atoms with Gasteiger partial charge in [-0.3, -0.25) is 9.78 Å². The summed E-state index contributed by atoms with van der Waals surface area (Å²) in [7, 11) is -2.67. The third-order valence-corrected chi connectivity index (χ3v) is 4.10.